The first-order valence-corrected chi connectivity index (χ1v) is 8.08. The van der Waals surface area contributed by atoms with Crippen molar-refractivity contribution in [1.82, 2.24) is 9.80 Å². The third-order valence-electron chi connectivity index (χ3n) is 3.90. The van der Waals surface area contributed by atoms with Crippen LogP contribution in [-0.2, 0) is 6.42 Å². The summed E-state index contributed by atoms with van der Waals surface area (Å²) in [5.74, 6) is 0.154. The van der Waals surface area contributed by atoms with E-state index in [4.69, 9.17) is 5.26 Å². The fraction of sp³-hybridized carbons (Fsp3) is 0.600. The molecule has 1 atom stereocenters. The number of nitrogens with zero attached hydrogens (tertiary/aromatic N) is 3. The van der Waals surface area contributed by atoms with Crippen molar-refractivity contribution in [2.75, 3.05) is 26.2 Å². The molecule has 0 bridgehead atoms. The van der Waals surface area contributed by atoms with Crippen LogP contribution >= 0.6 is 11.3 Å². The molecule has 0 spiro atoms. The van der Waals surface area contributed by atoms with Crippen LogP contribution in [0.5, 0.6) is 0 Å². The minimum atomic E-state index is -0.0137. The van der Waals surface area contributed by atoms with Crippen LogP contribution in [0.3, 0.4) is 0 Å². The highest BCUT2D eigenvalue weighted by atomic mass is 32.1. The summed E-state index contributed by atoms with van der Waals surface area (Å²) in [5.41, 5.74) is 1.14. The molecule has 0 N–H and O–H groups in total. The van der Waals surface area contributed by atoms with Crippen molar-refractivity contribution in [3.05, 3.63) is 21.9 Å². The van der Waals surface area contributed by atoms with Gasteiger partial charge in [-0.2, -0.15) is 5.26 Å². The van der Waals surface area contributed by atoms with E-state index in [1.54, 1.807) is 0 Å². The molecule has 0 aromatic carbocycles. The zero-order valence-electron chi connectivity index (χ0n) is 12.1. The molecule has 0 saturated carbocycles. The molecular weight excluding hydrogens is 270 g/mol. The molecular formula is C15H21N3OS. The molecule has 20 heavy (non-hydrogen) atoms. The summed E-state index contributed by atoms with van der Waals surface area (Å²) in [4.78, 5) is 17.5. The number of hydrogen-bond donors (Lipinski definition) is 0. The Bertz CT molecular complexity index is 497. The minimum Gasteiger partial charge on any atom is -0.335 e. The van der Waals surface area contributed by atoms with Crippen molar-refractivity contribution in [2.24, 2.45) is 0 Å². The largest absolute Gasteiger partial charge is 0.335 e. The second-order valence-electron chi connectivity index (χ2n) is 5.01. The van der Waals surface area contributed by atoms with Gasteiger partial charge in [0.1, 0.15) is 0 Å². The number of aryl methyl sites for hydroxylation is 1. The Morgan fingerprint density at radius 2 is 2.10 bits per heavy atom. The van der Waals surface area contributed by atoms with E-state index in [1.807, 2.05) is 23.3 Å². The normalized spacial score (nSPS) is 17.8. The van der Waals surface area contributed by atoms with E-state index in [0.29, 0.717) is 0 Å². The molecule has 4 nitrogen and oxygen atoms in total. The van der Waals surface area contributed by atoms with Gasteiger partial charge < -0.3 is 4.90 Å². The topological polar surface area (TPSA) is 47.3 Å². The zero-order chi connectivity index (χ0) is 14.5. The molecule has 1 fully saturated rings. The molecule has 1 aromatic rings. The van der Waals surface area contributed by atoms with Crippen LogP contribution in [-0.4, -0.2) is 47.9 Å². The lowest BCUT2D eigenvalue weighted by molar-refractivity contribution is 0.0608. The maximum atomic E-state index is 12.5. The summed E-state index contributed by atoms with van der Waals surface area (Å²) in [6.07, 6.45) is 1.74. The van der Waals surface area contributed by atoms with Crippen molar-refractivity contribution < 1.29 is 4.79 Å². The highest BCUT2D eigenvalue weighted by Crippen LogP contribution is 2.20. The fourth-order valence-corrected chi connectivity index (χ4v) is 3.58. The van der Waals surface area contributed by atoms with Gasteiger partial charge in [-0.3, -0.25) is 9.69 Å². The molecule has 1 saturated heterocycles. The van der Waals surface area contributed by atoms with Crippen LogP contribution in [0.15, 0.2) is 11.4 Å². The molecule has 1 amide bonds. The Hall–Kier alpha value is -1.38. The number of rotatable bonds is 4. The standard InChI is InChI=1S/C15H21N3OS/c1-3-12-5-10-20-14(12)15(19)18-8-6-17(7-9-18)13(4-2)11-16/h5,10,13H,3-4,6-9H2,1-2H3. The molecule has 1 aliphatic rings. The lowest BCUT2D eigenvalue weighted by Gasteiger charge is -2.36. The summed E-state index contributed by atoms with van der Waals surface area (Å²) < 4.78 is 0. The Balaban J connectivity index is 1.97. The molecule has 2 rings (SSSR count). The number of amides is 1. The van der Waals surface area contributed by atoms with Gasteiger partial charge in [-0.05, 0) is 29.9 Å². The van der Waals surface area contributed by atoms with Gasteiger partial charge in [0.2, 0.25) is 0 Å². The van der Waals surface area contributed by atoms with Crippen molar-refractivity contribution in [2.45, 2.75) is 32.7 Å². The van der Waals surface area contributed by atoms with Gasteiger partial charge in [0.05, 0.1) is 17.0 Å². The molecule has 1 unspecified atom stereocenters. The van der Waals surface area contributed by atoms with E-state index in [-0.39, 0.29) is 11.9 Å². The van der Waals surface area contributed by atoms with Gasteiger partial charge in [0.15, 0.2) is 0 Å². The first-order valence-electron chi connectivity index (χ1n) is 7.20. The number of nitriles is 1. The van der Waals surface area contributed by atoms with E-state index in [0.717, 1.165) is 49.5 Å². The number of hydrogen-bond acceptors (Lipinski definition) is 4. The monoisotopic (exact) mass is 291 g/mol. The number of carbonyl (C=O) groups is 1. The first-order chi connectivity index (χ1) is 9.71. The van der Waals surface area contributed by atoms with Gasteiger partial charge in [-0.15, -0.1) is 11.3 Å². The predicted octanol–water partition coefficient (Wildman–Crippen LogP) is 2.37. The van der Waals surface area contributed by atoms with Crippen molar-refractivity contribution in [1.29, 1.82) is 5.26 Å². The van der Waals surface area contributed by atoms with Crippen LogP contribution in [0.4, 0.5) is 0 Å². The molecule has 1 aromatic heterocycles. The molecule has 0 aliphatic carbocycles. The highest BCUT2D eigenvalue weighted by Gasteiger charge is 2.27. The second-order valence-corrected chi connectivity index (χ2v) is 5.93. The lowest BCUT2D eigenvalue weighted by Crippen LogP contribution is -2.51. The van der Waals surface area contributed by atoms with E-state index in [1.165, 1.54) is 11.3 Å². The third kappa shape index (κ3) is 3.02. The molecule has 2 heterocycles. The Morgan fingerprint density at radius 3 is 2.65 bits per heavy atom. The highest BCUT2D eigenvalue weighted by molar-refractivity contribution is 7.12. The Morgan fingerprint density at radius 1 is 1.40 bits per heavy atom. The Kier molecular flexibility index (Phi) is 5.16. The van der Waals surface area contributed by atoms with Gasteiger partial charge in [-0.25, -0.2) is 0 Å². The molecule has 108 valence electrons. The summed E-state index contributed by atoms with van der Waals surface area (Å²) >= 11 is 1.53. The first kappa shape index (κ1) is 15.0. The van der Waals surface area contributed by atoms with Crippen LogP contribution in [0.2, 0.25) is 0 Å². The second kappa shape index (κ2) is 6.87. The predicted molar refractivity (Wildman–Crippen MR) is 80.9 cm³/mol. The summed E-state index contributed by atoms with van der Waals surface area (Å²) in [7, 11) is 0. The lowest BCUT2D eigenvalue weighted by atomic mass is 10.1. The summed E-state index contributed by atoms with van der Waals surface area (Å²) in [5, 5.41) is 11.1. The van der Waals surface area contributed by atoms with Gasteiger partial charge in [0, 0.05) is 26.2 Å². The average Bonchev–Trinajstić information content (AvgIpc) is 2.97. The van der Waals surface area contributed by atoms with Crippen LogP contribution < -0.4 is 0 Å². The molecule has 1 aliphatic heterocycles. The molecule has 5 heteroatoms. The van der Waals surface area contributed by atoms with E-state index in [9.17, 15) is 4.79 Å². The van der Waals surface area contributed by atoms with Crippen LogP contribution in [0.25, 0.3) is 0 Å². The summed E-state index contributed by atoms with van der Waals surface area (Å²) in [6, 6.07) is 4.36. The van der Waals surface area contributed by atoms with E-state index < -0.39 is 0 Å². The van der Waals surface area contributed by atoms with Crippen LogP contribution in [0, 0.1) is 11.3 Å². The minimum absolute atomic E-state index is 0.0137. The number of piperazine rings is 1. The number of carbonyl (C=O) groups excluding carboxylic acids is 1. The zero-order valence-corrected chi connectivity index (χ0v) is 12.9. The van der Waals surface area contributed by atoms with Gasteiger partial charge in [-0.1, -0.05) is 13.8 Å². The fourth-order valence-electron chi connectivity index (χ4n) is 2.61. The average molecular weight is 291 g/mol. The van der Waals surface area contributed by atoms with Gasteiger partial charge >= 0.3 is 0 Å². The third-order valence-corrected chi connectivity index (χ3v) is 4.84. The summed E-state index contributed by atoms with van der Waals surface area (Å²) in [6.45, 7) is 7.14. The van der Waals surface area contributed by atoms with E-state index >= 15 is 0 Å². The molecule has 0 radical (unpaired) electrons. The SMILES string of the molecule is CCc1ccsc1C(=O)N1CCN(C(C#N)CC)CC1. The quantitative estimate of drug-likeness (QED) is 0.855. The van der Waals surface area contributed by atoms with Gasteiger partial charge in [0.25, 0.3) is 5.91 Å². The maximum Gasteiger partial charge on any atom is 0.264 e. The van der Waals surface area contributed by atoms with Crippen molar-refractivity contribution in [3.63, 3.8) is 0 Å². The maximum absolute atomic E-state index is 12.5. The van der Waals surface area contributed by atoms with Crippen LogP contribution in [0.1, 0.15) is 35.5 Å². The number of thiophene rings is 1. The Labute approximate surface area is 124 Å². The van der Waals surface area contributed by atoms with Crippen molar-refractivity contribution in [3.8, 4) is 6.07 Å². The van der Waals surface area contributed by atoms with Crippen molar-refractivity contribution >= 4 is 17.2 Å². The van der Waals surface area contributed by atoms with E-state index in [2.05, 4.69) is 17.9 Å². The smallest absolute Gasteiger partial charge is 0.264 e.